The van der Waals surface area contributed by atoms with Gasteiger partial charge >= 0.3 is 0 Å². The molecular formula is C20H33N3. The second-order valence-electron chi connectivity index (χ2n) is 7.78. The molecule has 2 aliphatic rings. The Morgan fingerprint density at radius 2 is 1.70 bits per heavy atom. The average Bonchev–Trinajstić information content (AvgIpc) is 2.58. The van der Waals surface area contributed by atoms with Gasteiger partial charge < -0.3 is 9.80 Å². The Labute approximate surface area is 142 Å². The molecule has 0 N–H and O–H groups in total. The minimum Gasteiger partial charge on any atom is -0.369 e. The van der Waals surface area contributed by atoms with Crippen LogP contribution in [0.1, 0.15) is 38.2 Å². The highest BCUT2D eigenvalue weighted by atomic mass is 15.3. The zero-order chi connectivity index (χ0) is 16.2. The molecule has 2 fully saturated rings. The van der Waals surface area contributed by atoms with Crippen molar-refractivity contribution in [1.29, 1.82) is 0 Å². The Hall–Kier alpha value is -1.06. The molecule has 2 saturated heterocycles. The third kappa shape index (κ3) is 4.48. The second-order valence-corrected chi connectivity index (χ2v) is 7.78. The first-order valence-corrected chi connectivity index (χ1v) is 9.37. The van der Waals surface area contributed by atoms with E-state index in [0.29, 0.717) is 5.92 Å². The molecule has 2 aliphatic heterocycles. The van der Waals surface area contributed by atoms with Gasteiger partial charge in [0, 0.05) is 38.4 Å². The highest BCUT2D eigenvalue weighted by Gasteiger charge is 2.23. The van der Waals surface area contributed by atoms with Crippen LogP contribution in [0.15, 0.2) is 24.3 Å². The molecular weight excluding hydrogens is 282 g/mol. The van der Waals surface area contributed by atoms with E-state index in [9.17, 15) is 0 Å². The fourth-order valence-corrected chi connectivity index (χ4v) is 3.88. The number of anilines is 1. The standard InChI is InChI=1S/C20H33N3/c1-17(2)19-5-4-6-20(15-19)23-13-11-22(12-14-23)16-18-7-9-21(3)10-8-18/h4-6,15,17-18H,7-14,16H2,1-3H3. The van der Waals surface area contributed by atoms with Crippen LogP contribution in [0.5, 0.6) is 0 Å². The lowest BCUT2D eigenvalue weighted by Crippen LogP contribution is -2.48. The van der Waals surface area contributed by atoms with Crippen LogP contribution >= 0.6 is 0 Å². The Morgan fingerprint density at radius 1 is 1.00 bits per heavy atom. The lowest BCUT2D eigenvalue weighted by Gasteiger charge is -2.39. The maximum absolute atomic E-state index is 2.69. The molecule has 1 aromatic rings. The third-order valence-electron chi connectivity index (χ3n) is 5.63. The van der Waals surface area contributed by atoms with Gasteiger partial charge in [0.25, 0.3) is 0 Å². The summed E-state index contributed by atoms with van der Waals surface area (Å²) < 4.78 is 0. The Balaban J connectivity index is 1.49. The molecule has 23 heavy (non-hydrogen) atoms. The molecule has 0 aromatic heterocycles. The van der Waals surface area contributed by atoms with E-state index in [4.69, 9.17) is 0 Å². The van der Waals surface area contributed by atoms with Crippen LogP contribution in [0, 0.1) is 5.92 Å². The van der Waals surface area contributed by atoms with Crippen molar-refractivity contribution in [3.8, 4) is 0 Å². The Kier molecular flexibility index (Phi) is 5.60. The number of piperazine rings is 1. The van der Waals surface area contributed by atoms with Crippen LogP contribution in [-0.4, -0.2) is 62.7 Å². The van der Waals surface area contributed by atoms with Crippen molar-refractivity contribution in [2.75, 3.05) is 57.8 Å². The number of piperidine rings is 1. The van der Waals surface area contributed by atoms with Crippen LogP contribution in [0.3, 0.4) is 0 Å². The van der Waals surface area contributed by atoms with Crippen molar-refractivity contribution in [3.05, 3.63) is 29.8 Å². The molecule has 2 heterocycles. The maximum Gasteiger partial charge on any atom is 0.0369 e. The highest BCUT2D eigenvalue weighted by molar-refractivity contribution is 5.49. The summed E-state index contributed by atoms with van der Waals surface area (Å²) >= 11 is 0. The van der Waals surface area contributed by atoms with Crippen molar-refractivity contribution in [3.63, 3.8) is 0 Å². The first-order valence-electron chi connectivity index (χ1n) is 9.37. The Morgan fingerprint density at radius 3 is 2.35 bits per heavy atom. The van der Waals surface area contributed by atoms with Gasteiger partial charge in [0.15, 0.2) is 0 Å². The molecule has 0 saturated carbocycles. The normalized spacial score (nSPS) is 22.0. The lowest BCUT2D eigenvalue weighted by atomic mass is 9.96. The van der Waals surface area contributed by atoms with Gasteiger partial charge in [-0.05, 0) is 62.5 Å². The van der Waals surface area contributed by atoms with E-state index in [1.807, 2.05) is 0 Å². The van der Waals surface area contributed by atoms with Crippen LogP contribution < -0.4 is 4.90 Å². The average molecular weight is 316 g/mol. The number of benzene rings is 1. The fourth-order valence-electron chi connectivity index (χ4n) is 3.88. The topological polar surface area (TPSA) is 9.72 Å². The van der Waals surface area contributed by atoms with Gasteiger partial charge in [-0.25, -0.2) is 0 Å². The quantitative estimate of drug-likeness (QED) is 0.844. The molecule has 128 valence electrons. The van der Waals surface area contributed by atoms with Crippen molar-refractivity contribution < 1.29 is 0 Å². The van der Waals surface area contributed by atoms with Gasteiger partial charge in [0.2, 0.25) is 0 Å². The van der Waals surface area contributed by atoms with E-state index in [-0.39, 0.29) is 0 Å². The van der Waals surface area contributed by atoms with E-state index in [1.165, 1.54) is 69.9 Å². The molecule has 3 nitrogen and oxygen atoms in total. The molecule has 0 amide bonds. The molecule has 0 radical (unpaired) electrons. The highest BCUT2D eigenvalue weighted by Crippen LogP contribution is 2.23. The van der Waals surface area contributed by atoms with Crippen molar-refractivity contribution in [2.24, 2.45) is 5.92 Å². The number of hydrogen-bond donors (Lipinski definition) is 0. The second kappa shape index (κ2) is 7.67. The van der Waals surface area contributed by atoms with Crippen LogP contribution in [0.4, 0.5) is 5.69 Å². The maximum atomic E-state index is 2.69. The van der Waals surface area contributed by atoms with Crippen molar-refractivity contribution in [1.82, 2.24) is 9.80 Å². The number of nitrogens with zero attached hydrogens (tertiary/aromatic N) is 3. The predicted molar refractivity (Wildman–Crippen MR) is 99.4 cm³/mol. The number of rotatable bonds is 4. The SMILES string of the molecule is CC(C)c1cccc(N2CCN(CC3CCN(C)CC3)CC2)c1. The lowest BCUT2D eigenvalue weighted by molar-refractivity contribution is 0.155. The van der Waals surface area contributed by atoms with E-state index >= 15 is 0 Å². The first kappa shape index (κ1) is 16.8. The number of likely N-dealkylation sites (tertiary alicyclic amines) is 1. The van der Waals surface area contributed by atoms with E-state index in [0.717, 1.165) is 5.92 Å². The molecule has 0 atom stereocenters. The van der Waals surface area contributed by atoms with E-state index in [2.05, 4.69) is 59.9 Å². The summed E-state index contributed by atoms with van der Waals surface area (Å²) in [5.74, 6) is 1.53. The van der Waals surface area contributed by atoms with Crippen molar-refractivity contribution in [2.45, 2.75) is 32.6 Å². The summed E-state index contributed by atoms with van der Waals surface area (Å²) in [4.78, 5) is 7.73. The van der Waals surface area contributed by atoms with Crippen LogP contribution in [0.25, 0.3) is 0 Å². The molecule has 0 unspecified atom stereocenters. The van der Waals surface area contributed by atoms with Gasteiger partial charge in [-0.3, -0.25) is 4.90 Å². The number of hydrogen-bond acceptors (Lipinski definition) is 3. The summed E-state index contributed by atoms with van der Waals surface area (Å²) in [6.07, 6.45) is 2.76. The molecule has 0 aliphatic carbocycles. The Bertz CT molecular complexity index is 483. The molecule has 0 spiro atoms. The summed E-state index contributed by atoms with van der Waals surface area (Å²) in [5, 5.41) is 0. The van der Waals surface area contributed by atoms with Gasteiger partial charge in [-0.15, -0.1) is 0 Å². The zero-order valence-corrected chi connectivity index (χ0v) is 15.2. The molecule has 1 aromatic carbocycles. The minimum atomic E-state index is 0.612. The van der Waals surface area contributed by atoms with E-state index < -0.39 is 0 Å². The summed E-state index contributed by atoms with van der Waals surface area (Å²) in [7, 11) is 2.25. The molecule has 0 bridgehead atoms. The summed E-state index contributed by atoms with van der Waals surface area (Å²) in [6, 6.07) is 9.13. The van der Waals surface area contributed by atoms with Gasteiger partial charge in [0.05, 0.1) is 0 Å². The zero-order valence-electron chi connectivity index (χ0n) is 15.2. The smallest absolute Gasteiger partial charge is 0.0369 e. The summed E-state index contributed by atoms with van der Waals surface area (Å²) in [5.41, 5.74) is 2.87. The first-order chi connectivity index (χ1) is 11.1. The van der Waals surface area contributed by atoms with E-state index in [1.54, 1.807) is 0 Å². The third-order valence-corrected chi connectivity index (χ3v) is 5.63. The molecule has 3 rings (SSSR count). The minimum absolute atomic E-state index is 0.612. The fraction of sp³-hybridized carbons (Fsp3) is 0.700. The summed E-state index contributed by atoms with van der Waals surface area (Å²) in [6.45, 7) is 13.2. The van der Waals surface area contributed by atoms with Crippen LogP contribution in [0.2, 0.25) is 0 Å². The largest absolute Gasteiger partial charge is 0.369 e. The van der Waals surface area contributed by atoms with Crippen molar-refractivity contribution >= 4 is 5.69 Å². The van der Waals surface area contributed by atoms with Gasteiger partial charge in [-0.1, -0.05) is 26.0 Å². The van der Waals surface area contributed by atoms with Gasteiger partial charge in [0.1, 0.15) is 0 Å². The van der Waals surface area contributed by atoms with Gasteiger partial charge in [-0.2, -0.15) is 0 Å². The van der Waals surface area contributed by atoms with Crippen LogP contribution in [-0.2, 0) is 0 Å². The monoisotopic (exact) mass is 315 g/mol. The molecule has 3 heteroatoms. The predicted octanol–water partition coefficient (Wildman–Crippen LogP) is 3.27.